The fourth-order valence-corrected chi connectivity index (χ4v) is 4.82. The number of thiocarbonyl (C=S) groups is 1. The number of pyridine rings is 1. The SMILES string of the molecule is Fc1ccc(N2C(=S)N[C@H](c3ccccn3)[C@H]2c2ccc(Sc3ccccc3)o2)cc1. The number of hydrogen-bond acceptors (Lipinski definition) is 4. The van der Waals surface area contributed by atoms with Gasteiger partial charge in [-0.2, -0.15) is 0 Å². The van der Waals surface area contributed by atoms with Crippen molar-refractivity contribution in [3.8, 4) is 0 Å². The number of aromatic nitrogens is 1. The highest BCUT2D eigenvalue weighted by atomic mass is 32.2. The monoisotopic (exact) mass is 447 g/mol. The first-order valence-electron chi connectivity index (χ1n) is 9.78. The van der Waals surface area contributed by atoms with E-state index in [2.05, 4.69) is 10.3 Å². The Bertz CT molecular complexity index is 1180. The lowest BCUT2D eigenvalue weighted by Crippen LogP contribution is -2.29. The van der Waals surface area contributed by atoms with Gasteiger partial charge in [-0.05, 0) is 72.9 Å². The van der Waals surface area contributed by atoms with Crippen molar-refractivity contribution in [3.63, 3.8) is 0 Å². The van der Waals surface area contributed by atoms with Gasteiger partial charge in [0.25, 0.3) is 0 Å². The number of benzene rings is 2. The minimum absolute atomic E-state index is 0.209. The lowest BCUT2D eigenvalue weighted by atomic mass is 10.0. The van der Waals surface area contributed by atoms with Crippen LogP contribution in [0.2, 0.25) is 0 Å². The number of nitrogens with one attached hydrogen (secondary N) is 1. The quantitative estimate of drug-likeness (QED) is 0.371. The average molecular weight is 448 g/mol. The zero-order valence-electron chi connectivity index (χ0n) is 16.3. The first-order valence-corrected chi connectivity index (χ1v) is 11.0. The van der Waals surface area contributed by atoms with Gasteiger partial charge in [0.15, 0.2) is 10.2 Å². The van der Waals surface area contributed by atoms with Crippen molar-refractivity contribution in [2.24, 2.45) is 0 Å². The minimum atomic E-state index is -0.292. The van der Waals surface area contributed by atoms with Crippen LogP contribution in [-0.2, 0) is 0 Å². The van der Waals surface area contributed by atoms with E-state index in [1.807, 2.05) is 65.6 Å². The molecule has 5 rings (SSSR count). The topological polar surface area (TPSA) is 41.3 Å². The molecule has 0 bridgehead atoms. The summed E-state index contributed by atoms with van der Waals surface area (Å²) in [5.74, 6) is 0.463. The van der Waals surface area contributed by atoms with Gasteiger partial charge < -0.3 is 14.6 Å². The standard InChI is InChI=1S/C24H18FN3OS2/c25-16-9-11-17(12-10-16)28-23(22(27-24(28)30)19-8-4-5-15-26-19)20-13-14-21(29-20)31-18-6-2-1-3-7-18/h1-15,22-23H,(H,27,30)/t22-,23-/m1/s1. The highest BCUT2D eigenvalue weighted by Crippen LogP contribution is 2.43. The predicted molar refractivity (Wildman–Crippen MR) is 124 cm³/mol. The van der Waals surface area contributed by atoms with Crippen molar-refractivity contribution in [1.82, 2.24) is 10.3 Å². The second kappa shape index (κ2) is 8.53. The van der Waals surface area contributed by atoms with Crippen molar-refractivity contribution in [1.29, 1.82) is 0 Å². The van der Waals surface area contributed by atoms with E-state index in [9.17, 15) is 4.39 Å². The Balaban J connectivity index is 1.53. The van der Waals surface area contributed by atoms with Crippen molar-refractivity contribution in [3.05, 3.63) is 108 Å². The first kappa shape index (κ1) is 19.8. The lowest BCUT2D eigenvalue weighted by Gasteiger charge is -2.26. The maximum Gasteiger partial charge on any atom is 0.174 e. The highest BCUT2D eigenvalue weighted by Gasteiger charge is 2.42. The fourth-order valence-electron chi connectivity index (χ4n) is 3.68. The molecule has 2 aromatic heterocycles. The molecule has 3 heterocycles. The summed E-state index contributed by atoms with van der Waals surface area (Å²) in [6.07, 6.45) is 1.76. The Hall–Kier alpha value is -3.16. The van der Waals surface area contributed by atoms with E-state index in [4.69, 9.17) is 16.6 Å². The Kier molecular flexibility index (Phi) is 5.44. The third-order valence-corrected chi connectivity index (χ3v) is 6.30. The van der Waals surface area contributed by atoms with Crippen LogP contribution in [0.3, 0.4) is 0 Å². The largest absolute Gasteiger partial charge is 0.452 e. The molecule has 4 nitrogen and oxygen atoms in total. The normalized spacial score (nSPS) is 18.2. The molecule has 0 spiro atoms. The van der Waals surface area contributed by atoms with Crippen LogP contribution in [-0.4, -0.2) is 10.1 Å². The summed E-state index contributed by atoms with van der Waals surface area (Å²) in [7, 11) is 0. The van der Waals surface area contributed by atoms with E-state index in [1.165, 1.54) is 12.1 Å². The van der Waals surface area contributed by atoms with E-state index in [1.54, 1.807) is 30.1 Å². The molecule has 0 amide bonds. The number of rotatable bonds is 5. The van der Waals surface area contributed by atoms with Gasteiger partial charge in [-0.15, -0.1) is 0 Å². The van der Waals surface area contributed by atoms with E-state index in [0.29, 0.717) is 5.11 Å². The Morgan fingerprint density at radius 1 is 0.935 bits per heavy atom. The third kappa shape index (κ3) is 4.06. The van der Waals surface area contributed by atoms with Gasteiger partial charge in [0, 0.05) is 16.8 Å². The molecule has 2 atom stereocenters. The van der Waals surface area contributed by atoms with Crippen LogP contribution in [0.4, 0.5) is 10.1 Å². The first-order chi connectivity index (χ1) is 15.2. The molecule has 1 saturated heterocycles. The van der Waals surface area contributed by atoms with Gasteiger partial charge in [-0.1, -0.05) is 36.0 Å². The molecule has 1 aliphatic rings. The lowest BCUT2D eigenvalue weighted by molar-refractivity contribution is 0.383. The summed E-state index contributed by atoms with van der Waals surface area (Å²) >= 11 is 7.23. The van der Waals surface area contributed by atoms with Crippen LogP contribution in [0.1, 0.15) is 23.5 Å². The van der Waals surface area contributed by atoms with E-state index in [-0.39, 0.29) is 17.9 Å². The highest BCUT2D eigenvalue weighted by molar-refractivity contribution is 7.99. The zero-order chi connectivity index (χ0) is 21.2. The van der Waals surface area contributed by atoms with Crippen LogP contribution in [0.5, 0.6) is 0 Å². The molecule has 1 fully saturated rings. The molecular weight excluding hydrogens is 429 g/mol. The average Bonchev–Trinajstić information content (AvgIpc) is 3.40. The van der Waals surface area contributed by atoms with Gasteiger partial charge in [0.2, 0.25) is 0 Å². The number of nitrogens with zero attached hydrogens (tertiary/aromatic N) is 2. The summed E-state index contributed by atoms with van der Waals surface area (Å²) in [4.78, 5) is 7.59. The van der Waals surface area contributed by atoms with E-state index < -0.39 is 0 Å². The molecule has 0 radical (unpaired) electrons. The molecule has 0 saturated carbocycles. The molecule has 0 aliphatic carbocycles. The molecule has 31 heavy (non-hydrogen) atoms. The molecule has 154 valence electrons. The van der Waals surface area contributed by atoms with Gasteiger partial charge in [0.1, 0.15) is 17.6 Å². The Labute approximate surface area is 189 Å². The second-order valence-electron chi connectivity index (χ2n) is 7.04. The Morgan fingerprint density at radius 3 is 2.45 bits per heavy atom. The number of furan rings is 1. The molecule has 0 unspecified atom stereocenters. The molecule has 1 N–H and O–H groups in total. The second-order valence-corrected chi connectivity index (χ2v) is 8.51. The molecular formula is C24H18FN3OS2. The molecule has 7 heteroatoms. The third-order valence-electron chi connectivity index (χ3n) is 5.06. The Morgan fingerprint density at radius 2 is 1.71 bits per heavy atom. The van der Waals surface area contributed by atoms with Crippen LogP contribution in [0, 0.1) is 5.82 Å². The zero-order valence-corrected chi connectivity index (χ0v) is 17.9. The minimum Gasteiger partial charge on any atom is -0.452 e. The summed E-state index contributed by atoms with van der Waals surface area (Å²) in [6, 6.07) is 25.6. The molecule has 2 aromatic carbocycles. The maximum atomic E-state index is 13.5. The van der Waals surface area contributed by atoms with Gasteiger partial charge in [-0.3, -0.25) is 4.98 Å². The number of hydrogen-bond donors (Lipinski definition) is 1. The number of anilines is 1. The fraction of sp³-hybridized carbons (Fsp3) is 0.0833. The van der Waals surface area contributed by atoms with Gasteiger partial charge in [-0.25, -0.2) is 4.39 Å². The molecule has 1 aliphatic heterocycles. The van der Waals surface area contributed by atoms with Crippen molar-refractivity contribution in [2.75, 3.05) is 4.90 Å². The van der Waals surface area contributed by atoms with Crippen molar-refractivity contribution < 1.29 is 8.81 Å². The summed E-state index contributed by atoms with van der Waals surface area (Å²) in [6.45, 7) is 0. The van der Waals surface area contributed by atoms with Crippen LogP contribution in [0.15, 0.2) is 106 Å². The van der Waals surface area contributed by atoms with E-state index >= 15 is 0 Å². The maximum absolute atomic E-state index is 13.5. The van der Waals surface area contributed by atoms with Crippen LogP contribution < -0.4 is 10.2 Å². The summed E-state index contributed by atoms with van der Waals surface area (Å²) in [5.41, 5.74) is 1.64. The van der Waals surface area contributed by atoms with Crippen molar-refractivity contribution >= 4 is 34.8 Å². The van der Waals surface area contributed by atoms with Crippen LogP contribution >= 0.6 is 24.0 Å². The van der Waals surface area contributed by atoms with E-state index in [0.717, 1.165) is 27.1 Å². The number of halogens is 1. The summed E-state index contributed by atoms with van der Waals surface area (Å²) in [5, 5.41) is 4.71. The van der Waals surface area contributed by atoms with Crippen LogP contribution in [0.25, 0.3) is 0 Å². The predicted octanol–water partition coefficient (Wildman–Crippen LogP) is 6.14. The molecule has 4 aromatic rings. The van der Waals surface area contributed by atoms with Gasteiger partial charge in [0.05, 0.1) is 11.7 Å². The smallest absolute Gasteiger partial charge is 0.174 e. The summed E-state index contributed by atoms with van der Waals surface area (Å²) < 4.78 is 19.8. The van der Waals surface area contributed by atoms with Crippen molar-refractivity contribution in [2.45, 2.75) is 22.1 Å². The van der Waals surface area contributed by atoms with Gasteiger partial charge >= 0.3 is 0 Å².